The second kappa shape index (κ2) is 7.02. The van der Waals surface area contributed by atoms with Gasteiger partial charge in [-0.1, -0.05) is 6.07 Å². The van der Waals surface area contributed by atoms with Gasteiger partial charge in [-0.25, -0.2) is 0 Å². The van der Waals surface area contributed by atoms with Gasteiger partial charge in [-0.15, -0.1) is 0 Å². The maximum absolute atomic E-state index is 9.36. The summed E-state index contributed by atoms with van der Waals surface area (Å²) < 4.78 is 23.0. The molecule has 0 bridgehead atoms. The summed E-state index contributed by atoms with van der Waals surface area (Å²) in [5.41, 5.74) is -0.0920. The van der Waals surface area contributed by atoms with Gasteiger partial charge >= 0.3 is 7.12 Å². The van der Waals surface area contributed by atoms with Gasteiger partial charge in [0.25, 0.3) is 0 Å². The molecular formula is C17H24BNO5. The highest BCUT2D eigenvalue weighted by atomic mass is 16.7. The van der Waals surface area contributed by atoms with E-state index in [1.807, 2.05) is 39.8 Å². The molecule has 0 aliphatic carbocycles. The fourth-order valence-corrected chi connectivity index (χ4v) is 2.20. The van der Waals surface area contributed by atoms with Gasteiger partial charge in [0, 0.05) is 0 Å². The molecule has 1 N–H and O–H groups in total. The molecule has 1 aliphatic heterocycles. The smallest absolute Gasteiger partial charge is 0.487 e. The molecule has 1 aromatic carbocycles. The standard InChI is InChI=1S/C17H24BNO5/c1-12(20)11-22-14-7-6-13(10-15(14)21-9-8-19)18-23-16(2,3)17(4,5)24-18/h6-7,10,12,20H,9,11H2,1-5H3. The summed E-state index contributed by atoms with van der Waals surface area (Å²) in [6, 6.07) is 7.24. The number of rotatable bonds is 6. The Bertz CT molecular complexity index is 608. The summed E-state index contributed by atoms with van der Waals surface area (Å²) >= 11 is 0. The zero-order valence-corrected chi connectivity index (χ0v) is 14.8. The van der Waals surface area contributed by atoms with Gasteiger partial charge in [-0.3, -0.25) is 0 Å². The summed E-state index contributed by atoms with van der Waals surface area (Å²) in [5, 5.41) is 18.1. The van der Waals surface area contributed by atoms with E-state index in [1.165, 1.54) is 0 Å². The summed E-state index contributed by atoms with van der Waals surface area (Å²) in [6.07, 6.45) is -0.600. The molecular weight excluding hydrogens is 309 g/mol. The van der Waals surface area contributed by atoms with Crippen LogP contribution in [0, 0.1) is 11.3 Å². The maximum atomic E-state index is 9.36. The molecule has 6 nitrogen and oxygen atoms in total. The first-order chi connectivity index (χ1) is 11.2. The summed E-state index contributed by atoms with van der Waals surface area (Å²) in [4.78, 5) is 0. The van der Waals surface area contributed by atoms with Gasteiger partial charge in [-0.2, -0.15) is 5.26 Å². The Morgan fingerprint density at radius 3 is 2.33 bits per heavy atom. The topological polar surface area (TPSA) is 80.9 Å². The first kappa shape index (κ1) is 18.6. The Balaban J connectivity index is 2.24. The molecule has 2 rings (SSSR count). The lowest BCUT2D eigenvalue weighted by Gasteiger charge is -2.32. The van der Waals surface area contributed by atoms with Crippen molar-refractivity contribution in [1.82, 2.24) is 0 Å². The van der Waals surface area contributed by atoms with E-state index in [1.54, 1.807) is 19.1 Å². The number of hydrogen-bond donors (Lipinski definition) is 1. The van der Waals surface area contributed by atoms with E-state index in [2.05, 4.69) is 0 Å². The number of aliphatic hydroxyl groups excluding tert-OH is 1. The number of nitriles is 1. The van der Waals surface area contributed by atoms with Crippen LogP contribution < -0.4 is 14.9 Å². The SMILES string of the molecule is CC(O)COc1ccc(B2OC(C)(C)C(C)(C)O2)cc1OCC#N. The van der Waals surface area contributed by atoms with Crippen LogP contribution >= 0.6 is 0 Å². The maximum Gasteiger partial charge on any atom is 0.494 e. The lowest BCUT2D eigenvalue weighted by Crippen LogP contribution is -2.41. The van der Waals surface area contributed by atoms with Crippen molar-refractivity contribution in [3.8, 4) is 17.6 Å². The molecule has 24 heavy (non-hydrogen) atoms. The average molecular weight is 333 g/mol. The number of aliphatic hydroxyl groups is 1. The average Bonchev–Trinajstić information content (AvgIpc) is 2.71. The molecule has 0 spiro atoms. The van der Waals surface area contributed by atoms with Crippen molar-refractivity contribution in [1.29, 1.82) is 5.26 Å². The van der Waals surface area contributed by atoms with E-state index >= 15 is 0 Å². The number of nitrogens with zero attached hydrogens (tertiary/aromatic N) is 1. The molecule has 130 valence electrons. The third kappa shape index (κ3) is 4.01. The first-order valence-corrected chi connectivity index (χ1v) is 7.96. The predicted octanol–water partition coefficient (Wildman–Crippen LogP) is 1.65. The van der Waals surface area contributed by atoms with E-state index < -0.39 is 24.4 Å². The van der Waals surface area contributed by atoms with Crippen molar-refractivity contribution in [3.05, 3.63) is 18.2 Å². The molecule has 1 aliphatic rings. The van der Waals surface area contributed by atoms with Gasteiger partial charge in [0.05, 0.1) is 17.3 Å². The van der Waals surface area contributed by atoms with Crippen LogP contribution in [0.2, 0.25) is 0 Å². The molecule has 0 amide bonds. The highest BCUT2D eigenvalue weighted by Gasteiger charge is 2.51. The van der Waals surface area contributed by atoms with Crippen LogP contribution in [0.3, 0.4) is 0 Å². The van der Waals surface area contributed by atoms with Crippen molar-refractivity contribution in [3.63, 3.8) is 0 Å². The number of ether oxygens (including phenoxy) is 2. The molecule has 1 unspecified atom stereocenters. The minimum absolute atomic E-state index is 0.0993. The van der Waals surface area contributed by atoms with Crippen LogP contribution in [-0.2, 0) is 9.31 Å². The van der Waals surface area contributed by atoms with E-state index in [4.69, 9.17) is 24.0 Å². The fourth-order valence-electron chi connectivity index (χ4n) is 2.20. The van der Waals surface area contributed by atoms with Crippen LogP contribution in [0.1, 0.15) is 34.6 Å². The predicted molar refractivity (Wildman–Crippen MR) is 90.4 cm³/mol. The zero-order chi connectivity index (χ0) is 18.0. The molecule has 1 heterocycles. The molecule has 0 saturated carbocycles. The van der Waals surface area contributed by atoms with Crippen molar-refractivity contribution < 1.29 is 23.9 Å². The highest BCUT2D eigenvalue weighted by Crippen LogP contribution is 2.37. The van der Waals surface area contributed by atoms with Gasteiger partial charge in [0.15, 0.2) is 18.1 Å². The Kier molecular flexibility index (Phi) is 5.43. The highest BCUT2D eigenvalue weighted by molar-refractivity contribution is 6.62. The van der Waals surface area contributed by atoms with E-state index in [-0.39, 0.29) is 13.2 Å². The minimum atomic E-state index is -0.600. The van der Waals surface area contributed by atoms with Crippen molar-refractivity contribution in [2.75, 3.05) is 13.2 Å². The molecule has 7 heteroatoms. The number of benzene rings is 1. The van der Waals surface area contributed by atoms with Crippen molar-refractivity contribution >= 4 is 12.6 Å². The van der Waals surface area contributed by atoms with Gasteiger partial charge in [0.1, 0.15) is 12.7 Å². The monoisotopic (exact) mass is 333 g/mol. The second-order valence-corrected chi connectivity index (χ2v) is 6.90. The van der Waals surface area contributed by atoms with Crippen molar-refractivity contribution in [2.24, 2.45) is 0 Å². The van der Waals surface area contributed by atoms with E-state index in [9.17, 15) is 5.11 Å². The Morgan fingerprint density at radius 1 is 1.17 bits per heavy atom. The third-order valence-electron chi connectivity index (χ3n) is 4.27. The largest absolute Gasteiger partial charge is 0.494 e. The molecule has 1 aromatic rings. The lowest BCUT2D eigenvalue weighted by molar-refractivity contribution is 0.00578. The van der Waals surface area contributed by atoms with Crippen LogP contribution in [0.25, 0.3) is 0 Å². The van der Waals surface area contributed by atoms with Crippen LogP contribution in [0.4, 0.5) is 0 Å². The minimum Gasteiger partial charge on any atom is -0.487 e. The quantitative estimate of drug-likeness (QED) is 0.797. The number of hydrogen-bond acceptors (Lipinski definition) is 6. The first-order valence-electron chi connectivity index (χ1n) is 7.96. The van der Waals surface area contributed by atoms with Crippen LogP contribution in [-0.4, -0.2) is 42.7 Å². The summed E-state index contributed by atoms with van der Waals surface area (Å²) in [5.74, 6) is 0.885. The molecule has 1 fully saturated rings. The van der Waals surface area contributed by atoms with Crippen LogP contribution in [0.5, 0.6) is 11.5 Å². The fraction of sp³-hybridized carbons (Fsp3) is 0.588. The molecule has 0 aromatic heterocycles. The van der Waals surface area contributed by atoms with Gasteiger partial charge in [0.2, 0.25) is 0 Å². The molecule has 1 atom stereocenters. The summed E-state index contributed by atoms with van der Waals surface area (Å²) in [7, 11) is -0.523. The Hall–Kier alpha value is -1.75. The molecule has 0 radical (unpaired) electrons. The Morgan fingerprint density at radius 2 is 1.79 bits per heavy atom. The lowest BCUT2D eigenvalue weighted by atomic mass is 9.79. The normalized spacial score (nSPS) is 19.6. The zero-order valence-electron chi connectivity index (χ0n) is 14.8. The summed E-state index contributed by atoms with van der Waals surface area (Å²) in [6.45, 7) is 9.62. The van der Waals surface area contributed by atoms with Gasteiger partial charge < -0.3 is 23.9 Å². The van der Waals surface area contributed by atoms with Gasteiger partial charge in [-0.05, 0) is 52.2 Å². The third-order valence-corrected chi connectivity index (χ3v) is 4.27. The van der Waals surface area contributed by atoms with Crippen molar-refractivity contribution in [2.45, 2.75) is 51.9 Å². The van der Waals surface area contributed by atoms with E-state index in [0.717, 1.165) is 5.46 Å². The molecule has 1 saturated heterocycles. The Labute approximate surface area is 143 Å². The van der Waals surface area contributed by atoms with Crippen LogP contribution in [0.15, 0.2) is 18.2 Å². The second-order valence-electron chi connectivity index (χ2n) is 6.90. The van der Waals surface area contributed by atoms with E-state index in [0.29, 0.717) is 11.5 Å².